The monoisotopic (exact) mass is 195 g/mol. The molecule has 1 unspecified atom stereocenters. The van der Waals surface area contributed by atoms with Gasteiger partial charge in [0.15, 0.2) is 0 Å². The molecule has 0 heterocycles. The second kappa shape index (κ2) is 4.60. The molecule has 4 nitrogen and oxygen atoms in total. The molecule has 1 rings (SSSR count). The van der Waals surface area contributed by atoms with Gasteiger partial charge >= 0.3 is 5.97 Å². The molecular formula is C10H13NO3. The van der Waals surface area contributed by atoms with Crippen LogP contribution in [0, 0.1) is 0 Å². The lowest BCUT2D eigenvalue weighted by molar-refractivity contribution is -0.141. The van der Waals surface area contributed by atoms with E-state index < -0.39 is 12.0 Å². The van der Waals surface area contributed by atoms with E-state index in [4.69, 9.17) is 5.11 Å². The van der Waals surface area contributed by atoms with E-state index >= 15 is 0 Å². The fraction of sp³-hybridized carbons (Fsp3) is 0.400. The number of carbonyl (C=O) groups excluding carboxylic acids is 1. The highest BCUT2D eigenvalue weighted by molar-refractivity contribution is 5.82. The molecule has 1 aliphatic carbocycles. The van der Waals surface area contributed by atoms with Gasteiger partial charge in [0.1, 0.15) is 6.04 Å². The molecule has 0 aliphatic heterocycles. The second-order valence-electron chi connectivity index (χ2n) is 3.21. The molecule has 0 saturated carbocycles. The van der Waals surface area contributed by atoms with E-state index in [2.05, 4.69) is 5.32 Å². The molecule has 0 bridgehead atoms. The highest BCUT2D eigenvalue weighted by Crippen LogP contribution is 2.14. The first-order chi connectivity index (χ1) is 6.59. The summed E-state index contributed by atoms with van der Waals surface area (Å²) >= 11 is 0. The zero-order valence-corrected chi connectivity index (χ0v) is 7.99. The third kappa shape index (κ3) is 3.05. The topological polar surface area (TPSA) is 66.4 Å². The zero-order valence-electron chi connectivity index (χ0n) is 7.99. The standard InChI is InChI=1S/C10H13NO3/c1-7(12)11-9(10(13)14)6-8-4-2-3-5-8/h2,4-5,9H,3,6H2,1H3,(H,11,12)(H,13,14). The van der Waals surface area contributed by atoms with Crippen LogP contribution in [-0.2, 0) is 9.59 Å². The van der Waals surface area contributed by atoms with Gasteiger partial charge in [0.05, 0.1) is 0 Å². The lowest BCUT2D eigenvalue weighted by Crippen LogP contribution is -2.39. The largest absolute Gasteiger partial charge is 0.480 e. The summed E-state index contributed by atoms with van der Waals surface area (Å²) in [5.41, 5.74) is 0.964. The van der Waals surface area contributed by atoms with Crippen molar-refractivity contribution >= 4 is 11.9 Å². The molecule has 0 radical (unpaired) electrons. The third-order valence-corrected chi connectivity index (χ3v) is 1.96. The molecule has 14 heavy (non-hydrogen) atoms. The Morgan fingerprint density at radius 1 is 1.64 bits per heavy atom. The molecule has 0 spiro atoms. The van der Waals surface area contributed by atoms with Crippen LogP contribution in [0.1, 0.15) is 19.8 Å². The molecule has 1 atom stereocenters. The second-order valence-corrected chi connectivity index (χ2v) is 3.21. The van der Waals surface area contributed by atoms with E-state index in [9.17, 15) is 9.59 Å². The summed E-state index contributed by atoms with van der Waals surface area (Å²) in [5.74, 6) is -1.32. The molecule has 1 aliphatic rings. The number of aliphatic carboxylic acids is 1. The number of carboxylic acids is 1. The third-order valence-electron chi connectivity index (χ3n) is 1.96. The molecule has 0 aromatic carbocycles. The van der Waals surface area contributed by atoms with Crippen molar-refractivity contribution in [3.8, 4) is 0 Å². The van der Waals surface area contributed by atoms with Crippen molar-refractivity contribution in [3.05, 3.63) is 23.8 Å². The van der Waals surface area contributed by atoms with Crippen LogP contribution in [0.3, 0.4) is 0 Å². The van der Waals surface area contributed by atoms with Gasteiger partial charge in [-0.3, -0.25) is 4.79 Å². The zero-order chi connectivity index (χ0) is 10.6. The Bertz CT molecular complexity index is 304. The van der Waals surface area contributed by atoms with Gasteiger partial charge in [-0.05, 0) is 12.0 Å². The summed E-state index contributed by atoms with van der Waals surface area (Å²) in [6, 6.07) is -0.818. The Morgan fingerprint density at radius 2 is 2.36 bits per heavy atom. The van der Waals surface area contributed by atoms with E-state index in [0.717, 1.165) is 12.0 Å². The molecule has 0 aromatic heterocycles. The Labute approximate surface area is 82.3 Å². The smallest absolute Gasteiger partial charge is 0.326 e. The van der Waals surface area contributed by atoms with Crippen molar-refractivity contribution in [2.75, 3.05) is 0 Å². The minimum atomic E-state index is -0.999. The predicted octanol–water partition coefficient (Wildman–Crippen LogP) is 0.852. The van der Waals surface area contributed by atoms with Gasteiger partial charge in [0, 0.05) is 13.3 Å². The number of hydrogen-bond acceptors (Lipinski definition) is 2. The lowest BCUT2D eigenvalue weighted by Gasteiger charge is -2.12. The molecule has 4 heteroatoms. The molecule has 1 amide bonds. The van der Waals surface area contributed by atoms with Crippen LogP contribution >= 0.6 is 0 Å². The molecule has 76 valence electrons. The number of carbonyl (C=O) groups is 2. The summed E-state index contributed by atoms with van der Waals surface area (Å²) in [6.07, 6.45) is 7.00. The highest BCUT2D eigenvalue weighted by atomic mass is 16.4. The Kier molecular flexibility index (Phi) is 3.45. The fourth-order valence-electron chi connectivity index (χ4n) is 1.34. The van der Waals surface area contributed by atoms with Crippen molar-refractivity contribution in [2.24, 2.45) is 0 Å². The van der Waals surface area contributed by atoms with Crippen LogP contribution in [0.4, 0.5) is 0 Å². The summed E-state index contributed by atoms with van der Waals surface area (Å²) in [5, 5.41) is 11.2. The normalized spacial score (nSPS) is 16.2. The average Bonchev–Trinajstić information content (AvgIpc) is 2.54. The average molecular weight is 195 g/mol. The van der Waals surface area contributed by atoms with Crippen LogP contribution in [0.5, 0.6) is 0 Å². The minimum Gasteiger partial charge on any atom is -0.480 e. The maximum absolute atomic E-state index is 10.8. The summed E-state index contributed by atoms with van der Waals surface area (Å²) in [6.45, 7) is 1.31. The van der Waals surface area contributed by atoms with Crippen molar-refractivity contribution in [1.29, 1.82) is 0 Å². The number of carboxylic acid groups (broad SMARTS) is 1. The number of hydrogen-bond donors (Lipinski definition) is 2. The van der Waals surface area contributed by atoms with E-state index in [-0.39, 0.29) is 5.91 Å². The maximum atomic E-state index is 10.8. The summed E-state index contributed by atoms with van der Waals surface area (Å²) in [7, 11) is 0. The van der Waals surface area contributed by atoms with E-state index in [1.54, 1.807) is 0 Å². The Hall–Kier alpha value is -1.58. The Balaban J connectivity index is 2.55. The minimum absolute atomic E-state index is 0.319. The van der Waals surface area contributed by atoms with Gasteiger partial charge in [-0.1, -0.05) is 18.2 Å². The Morgan fingerprint density at radius 3 is 2.79 bits per heavy atom. The SMILES string of the molecule is CC(=O)NC(CC1=CCC=C1)C(=O)O. The molecule has 0 saturated heterocycles. The van der Waals surface area contributed by atoms with Gasteiger partial charge in [0.2, 0.25) is 5.91 Å². The van der Waals surface area contributed by atoms with Crippen LogP contribution in [-0.4, -0.2) is 23.0 Å². The first-order valence-corrected chi connectivity index (χ1v) is 4.45. The summed E-state index contributed by atoms with van der Waals surface area (Å²) < 4.78 is 0. The van der Waals surface area contributed by atoms with Crippen LogP contribution < -0.4 is 5.32 Å². The molecule has 2 N–H and O–H groups in total. The van der Waals surface area contributed by atoms with E-state index in [0.29, 0.717) is 6.42 Å². The van der Waals surface area contributed by atoms with Crippen LogP contribution in [0.2, 0.25) is 0 Å². The predicted molar refractivity (Wildman–Crippen MR) is 51.7 cm³/mol. The van der Waals surface area contributed by atoms with E-state index in [1.165, 1.54) is 6.92 Å². The van der Waals surface area contributed by atoms with E-state index in [1.807, 2.05) is 18.2 Å². The summed E-state index contributed by atoms with van der Waals surface area (Å²) in [4.78, 5) is 21.5. The van der Waals surface area contributed by atoms with Crippen LogP contribution in [0.25, 0.3) is 0 Å². The highest BCUT2D eigenvalue weighted by Gasteiger charge is 2.19. The number of amides is 1. The lowest BCUT2D eigenvalue weighted by atomic mass is 10.1. The van der Waals surface area contributed by atoms with Crippen LogP contribution in [0.15, 0.2) is 23.8 Å². The van der Waals surface area contributed by atoms with Gasteiger partial charge < -0.3 is 10.4 Å². The number of nitrogens with one attached hydrogen (secondary N) is 1. The molecular weight excluding hydrogens is 182 g/mol. The molecule has 0 fully saturated rings. The van der Waals surface area contributed by atoms with Gasteiger partial charge in [-0.15, -0.1) is 0 Å². The fourth-order valence-corrected chi connectivity index (χ4v) is 1.34. The van der Waals surface area contributed by atoms with Gasteiger partial charge in [0.25, 0.3) is 0 Å². The van der Waals surface area contributed by atoms with Crippen molar-refractivity contribution < 1.29 is 14.7 Å². The number of rotatable bonds is 4. The van der Waals surface area contributed by atoms with Crippen molar-refractivity contribution in [1.82, 2.24) is 5.32 Å². The quantitative estimate of drug-likeness (QED) is 0.699. The first kappa shape index (κ1) is 10.5. The first-order valence-electron chi connectivity index (χ1n) is 4.45. The van der Waals surface area contributed by atoms with Gasteiger partial charge in [-0.2, -0.15) is 0 Å². The number of allylic oxidation sites excluding steroid dienone is 3. The van der Waals surface area contributed by atoms with Gasteiger partial charge in [-0.25, -0.2) is 4.79 Å². The maximum Gasteiger partial charge on any atom is 0.326 e. The molecule has 0 aromatic rings. The van der Waals surface area contributed by atoms with Crippen molar-refractivity contribution in [2.45, 2.75) is 25.8 Å². The van der Waals surface area contributed by atoms with Crippen molar-refractivity contribution in [3.63, 3.8) is 0 Å².